The van der Waals surface area contributed by atoms with Crippen LogP contribution in [0.5, 0.6) is 0 Å². The number of nitrogen functional groups attached to an aromatic ring is 1. The van der Waals surface area contributed by atoms with Crippen molar-refractivity contribution in [1.82, 2.24) is 9.71 Å². The summed E-state index contributed by atoms with van der Waals surface area (Å²) in [7, 11) is -2.66. The van der Waals surface area contributed by atoms with E-state index in [1.807, 2.05) is 0 Å². The Bertz CT molecular complexity index is 751. The van der Waals surface area contributed by atoms with Gasteiger partial charge in [-0.15, -0.1) is 0 Å². The first kappa shape index (κ1) is 14.4. The first-order valence-electron chi connectivity index (χ1n) is 5.82. The third-order valence-electron chi connectivity index (χ3n) is 2.84. The van der Waals surface area contributed by atoms with Gasteiger partial charge in [-0.2, -0.15) is 4.72 Å². The molecule has 0 saturated carbocycles. The molecule has 1 aromatic carbocycles. The highest BCUT2D eigenvalue weighted by molar-refractivity contribution is 7.89. The molecule has 4 N–H and O–H groups in total. The van der Waals surface area contributed by atoms with Gasteiger partial charge < -0.3 is 15.5 Å². The van der Waals surface area contributed by atoms with Gasteiger partial charge in [-0.25, -0.2) is 8.42 Å². The van der Waals surface area contributed by atoms with Crippen LogP contribution < -0.4 is 10.5 Å². The van der Waals surface area contributed by atoms with Crippen molar-refractivity contribution >= 4 is 32.6 Å². The molecular weight excluding hydrogens is 282 g/mol. The molecule has 0 spiro atoms. The Kier molecular flexibility index (Phi) is 3.69. The maximum absolute atomic E-state index is 12.3. The van der Waals surface area contributed by atoms with Crippen LogP contribution in [0.3, 0.4) is 0 Å². The van der Waals surface area contributed by atoms with Gasteiger partial charge in [0.25, 0.3) is 0 Å². The van der Waals surface area contributed by atoms with Gasteiger partial charge in [0.15, 0.2) is 0 Å². The number of carbonyl (C=O) groups is 1. The number of aromatic amines is 1. The van der Waals surface area contributed by atoms with E-state index < -0.39 is 22.0 Å². The maximum Gasteiger partial charge on any atom is 0.323 e. The van der Waals surface area contributed by atoms with Crippen molar-refractivity contribution in [3.8, 4) is 0 Å². The standard InChI is InChI=1S/C12H15N3O4S/c1-7(12(16)19-2)15-20(17,18)11-6-14-10-4-3-8(13)5-9(10)11/h3-7,14-15H,13H2,1-2H3. The summed E-state index contributed by atoms with van der Waals surface area (Å²) in [5, 5.41) is 0.467. The van der Waals surface area contributed by atoms with Crippen LogP contribution in [-0.2, 0) is 19.6 Å². The third-order valence-corrected chi connectivity index (χ3v) is 4.42. The Morgan fingerprint density at radius 1 is 1.45 bits per heavy atom. The number of fused-ring (bicyclic) bond motifs is 1. The van der Waals surface area contributed by atoms with Gasteiger partial charge in [0.2, 0.25) is 10.0 Å². The van der Waals surface area contributed by atoms with Crippen molar-refractivity contribution in [2.24, 2.45) is 0 Å². The molecule has 0 saturated heterocycles. The van der Waals surface area contributed by atoms with Crippen LogP contribution in [0.1, 0.15) is 6.92 Å². The number of esters is 1. The van der Waals surface area contributed by atoms with Crippen LogP contribution in [-0.4, -0.2) is 32.5 Å². The lowest BCUT2D eigenvalue weighted by atomic mass is 10.2. The van der Waals surface area contributed by atoms with Crippen molar-refractivity contribution in [2.45, 2.75) is 17.9 Å². The second-order valence-corrected chi connectivity index (χ2v) is 6.01. The molecule has 1 unspecified atom stereocenters. The summed E-state index contributed by atoms with van der Waals surface area (Å²) in [4.78, 5) is 14.2. The fraction of sp³-hybridized carbons (Fsp3) is 0.250. The highest BCUT2D eigenvalue weighted by atomic mass is 32.2. The SMILES string of the molecule is COC(=O)C(C)NS(=O)(=O)c1c[nH]c2ccc(N)cc12. The van der Waals surface area contributed by atoms with Gasteiger partial charge in [0, 0.05) is 22.8 Å². The van der Waals surface area contributed by atoms with Gasteiger partial charge >= 0.3 is 5.97 Å². The lowest BCUT2D eigenvalue weighted by Crippen LogP contribution is -2.39. The lowest BCUT2D eigenvalue weighted by molar-refractivity contribution is -0.142. The van der Waals surface area contributed by atoms with Gasteiger partial charge in [0.05, 0.1) is 7.11 Å². The molecule has 2 aromatic rings. The molecule has 0 amide bonds. The van der Waals surface area contributed by atoms with E-state index in [-0.39, 0.29) is 4.90 Å². The summed E-state index contributed by atoms with van der Waals surface area (Å²) >= 11 is 0. The number of nitrogens with two attached hydrogens (primary N) is 1. The number of hydrogen-bond donors (Lipinski definition) is 3. The zero-order valence-electron chi connectivity index (χ0n) is 11.0. The molecule has 7 nitrogen and oxygen atoms in total. The summed E-state index contributed by atoms with van der Waals surface area (Å²) in [6.45, 7) is 1.41. The van der Waals surface area contributed by atoms with E-state index in [1.165, 1.54) is 20.2 Å². The fourth-order valence-electron chi connectivity index (χ4n) is 1.86. The molecule has 0 bridgehead atoms. The molecule has 20 heavy (non-hydrogen) atoms. The quantitative estimate of drug-likeness (QED) is 0.564. The van der Waals surface area contributed by atoms with Crippen LogP contribution in [0.25, 0.3) is 10.9 Å². The molecule has 0 radical (unpaired) electrons. The number of anilines is 1. The number of ether oxygens (including phenoxy) is 1. The van der Waals surface area contributed by atoms with E-state index in [0.717, 1.165) is 0 Å². The number of hydrogen-bond acceptors (Lipinski definition) is 5. The molecule has 1 aromatic heterocycles. The zero-order chi connectivity index (χ0) is 14.9. The predicted molar refractivity (Wildman–Crippen MR) is 74.5 cm³/mol. The Balaban J connectivity index is 2.42. The van der Waals surface area contributed by atoms with E-state index in [4.69, 9.17) is 5.73 Å². The van der Waals surface area contributed by atoms with Crippen LogP contribution >= 0.6 is 0 Å². The fourth-order valence-corrected chi connectivity index (χ4v) is 3.22. The highest BCUT2D eigenvalue weighted by Crippen LogP contribution is 2.24. The largest absolute Gasteiger partial charge is 0.468 e. The molecule has 0 aliphatic carbocycles. The Morgan fingerprint density at radius 2 is 2.15 bits per heavy atom. The lowest BCUT2D eigenvalue weighted by Gasteiger charge is -2.11. The van der Waals surface area contributed by atoms with Crippen LogP contribution in [0.4, 0.5) is 5.69 Å². The summed E-state index contributed by atoms with van der Waals surface area (Å²) in [5.41, 5.74) is 6.76. The van der Waals surface area contributed by atoms with Gasteiger partial charge in [-0.1, -0.05) is 0 Å². The predicted octanol–water partition coefficient (Wildman–Crippen LogP) is 0.590. The number of H-pyrrole nitrogens is 1. The minimum atomic E-state index is -3.85. The van der Waals surface area contributed by atoms with Crippen molar-refractivity contribution < 1.29 is 17.9 Å². The van der Waals surface area contributed by atoms with Crippen molar-refractivity contribution in [2.75, 3.05) is 12.8 Å². The molecule has 0 aliphatic rings. The summed E-state index contributed by atoms with van der Waals surface area (Å²) in [5.74, 6) is -0.659. The molecule has 108 valence electrons. The van der Waals surface area contributed by atoms with Gasteiger partial charge in [-0.3, -0.25) is 4.79 Å². The van der Waals surface area contributed by atoms with Gasteiger partial charge in [-0.05, 0) is 25.1 Å². The highest BCUT2D eigenvalue weighted by Gasteiger charge is 2.25. The van der Waals surface area contributed by atoms with Crippen LogP contribution in [0, 0.1) is 0 Å². The van der Waals surface area contributed by atoms with Crippen molar-refractivity contribution in [3.05, 3.63) is 24.4 Å². The topological polar surface area (TPSA) is 114 Å². The van der Waals surface area contributed by atoms with E-state index in [2.05, 4.69) is 14.4 Å². The first-order chi connectivity index (χ1) is 9.35. The Labute approximate surface area is 116 Å². The number of carbonyl (C=O) groups excluding carboxylic acids is 1. The number of benzene rings is 1. The average molecular weight is 297 g/mol. The number of nitrogens with one attached hydrogen (secondary N) is 2. The molecule has 1 heterocycles. The van der Waals surface area contributed by atoms with Crippen molar-refractivity contribution in [3.63, 3.8) is 0 Å². The van der Waals surface area contributed by atoms with Crippen molar-refractivity contribution in [1.29, 1.82) is 0 Å². The second kappa shape index (κ2) is 5.14. The smallest absolute Gasteiger partial charge is 0.323 e. The molecule has 2 rings (SSSR count). The summed E-state index contributed by atoms with van der Waals surface area (Å²) in [6, 6.07) is 3.94. The minimum Gasteiger partial charge on any atom is -0.468 e. The first-order valence-corrected chi connectivity index (χ1v) is 7.30. The van der Waals surface area contributed by atoms with E-state index >= 15 is 0 Å². The summed E-state index contributed by atoms with van der Waals surface area (Å²) in [6.07, 6.45) is 1.36. The Morgan fingerprint density at radius 3 is 2.80 bits per heavy atom. The molecule has 1 atom stereocenters. The van der Waals surface area contributed by atoms with E-state index in [9.17, 15) is 13.2 Å². The van der Waals surface area contributed by atoms with Crippen LogP contribution in [0.15, 0.2) is 29.3 Å². The normalized spacial score (nSPS) is 13.3. The molecule has 8 heteroatoms. The molecule has 0 aliphatic heterocycles. The molecule has 0 fully saturated rings. The Hall–Kier alpha value is -2.06. The minimum absolute atomic E-state index is 0.0375. The van der Waals surface area contributed by atoms with Gasteiger partial charge in [0.1, 0.15) is 10.9 Å². The van der Waals surface area contributed by atoms with E-state index in [1.54, 1.807) is 18.2 Å². The molecular formula is C12H15N3O4S. The monoisotopic (exact) mass is 297 g/mol. The van der Waals surface area contributed by atoms with Crippen LogP contribution in [0.2, 0.25) is 0 Å². The maximum atomic E-state index is 12.3. The van der Waals surface area contributed by atoms with E-state index in [0.29, 0.717) is 16.6 Å². The number of aromatic nitrogens is 1. The number of sulfonamides is 1. The second-order valence-electron chi connectivity index (χ2n) is 4.32. The zero-order valence-corrected chi connectivity index (χ0v) is 11.8. The average Bonchev–Trinajstić information content (AvgIpc) is 2.80. The number of rotatable bonds is 4. The number of methoxy groups -OCH3 is 1. The third kappa shape index (κ3) is 2.61. The summed E-state index contributed by atoms with van der Waals surface area (Å²) < 4.78 is 31.3.